The zero-order valence-electron chi connectivity index (χ0n) is 28.9. The van der Waals surface area contributed by atoms with Crippen molar-refractivity contribution >= 4 is 88.3 Å². The van der Waals surface area contributed by atoms with E-state index in [0.29, 0.717) is 0 Å². The lowest BCUT2D eigenvalue weighted by atomic mass is 10.1. The first kappa shape index (κ1) is 44.3. The highest BCUT2D eigenvalue weighted by atomic mass is 32.2. The number of imidazole rings is 2. The van der Waals surface area contributed by atoms with Gasteiger partial charge in [-0.15, -0.1) is 0 Å². The van der Waals surface area contributed by atoms with Crippen LogP contribution in [0.4, 0.5) is 11.6 Å². The number of phosphoric acid groups is 2. The first-order valence-electron chi connectivity index (χ1n) is 15.7. The fourth-order valence-corrected chi connectivity index (χ4v) is 12.7. The van der Waals surface area contributed by atoms with Crippen molar-refractivity contribution in [2.75, 3.05) is 43.1 Å². The minimum absolute atomic E-state index is 0.00779. The first-order chi connectivity index (χ1) is 26.5. The van der Waals surface area contributed by atoms with Gasteiger partial charge in [0.2, 0.25) is 0 Å². The summed E-state index contributed by atoms with van der Waals surface area (Å²) in [4.78, 5) is 65.2. The van der Waals surface area contributed by atoms with Crippen LogP contribution >= 0.6 is 54.4 Å². The van der Waals surface area contributed by atoms with Gasteiger partial charge < -0.3 is 65.5 Å². The number of anilines is 2. The summed E-state index contributed by atoms with van der Waals surface area (Å²) < 4.78 is 81.5. The molecule has 28 nitrogen and oxygen atoms in total. The van der Waals surface area contributed by atoms with Crippen molar-refractivity contribution in [2.45, 2.75) is 59.4 Å². The molecular formula is C23H34N10O18P4S2. The van der Waals surface area contributed by atoms with Gasteiger partial charge in [-0.05, 0) is 12.5 Å². The highest BCUT2D eigenvalue weighted by Crippen LogP contribution is 2.70. The second-order valence-corrected chi connectivity index (χ2v) is 21.0. The lowest BCUT2D eigenvalue weighted by Gasteiger charge is -2.22. The second kappa shape index (κ2) is 16.7. The molecule has 2 saturated heterocycles. The Morgan fingerprint density at radius 2 is 1.11 bits per heavy atom. The Morgan fingerprint density at radius 1 is 0.667 bits per heavy atom. The fourth-order valence-electron chi connectivity index (χ4n) is 5.56. The number of hydrogen-bond acceptors (Lipinski definition) is 24. The number of rotatable bonds is 16. The number of aliphatic hydroxyl groups is 4. The third-order valence-electron chi connectivity index (χ3n) is 8.08. The number of ether oxygens (including phenoxy) is 2. The molecule has 6 heterocycles. The van der Waals surface area contributed by atoms with Gasteiger partial charge in [-0.1, -0.05) is 23.5 Å². The van der Waals surface area contributed by atoms with Gasteiger partial charge in [-0.2, -0.15) is 4.31 Å². The molecular weight excluding hydrogens is 892 g/mol. The topological polar surface area (TPSA) is 425 Å². The molecule has 12 N–H and O–H groups in total. The van der Waals surface area contributed by atoms with Gasteiger partial charge in [0.05, 0.1) is 25.9 Å². The average molecular weight is 927 g/mol. The molecule has 34 heteroatoms. The van der Waals surface area contributed by atoms with Gasteiger partial charge in [0, 0.05) is 0 Å². The molecule has 2 fully saturated rings. The Labute approximate surface area is 327 Å². The van der Waals surface area contributed by atoms with Gasteiger partial charge in [0.25, 0.3) is 0 Å². The Hall–Kier alpha value is -2.24. The van der Waals surface area contributed by atoms with Gasteiger partial charge in [-0.25, -0.2) is 43.3 Å². The van der Waals surface area contributed by atoms with Crippen LogP contribution in [0.3, 0.4) is 0 Å². The minimum atomic E-state index is -6.09. The lowest BCUT2D eigenvalue weighted by molar-refractivity contribution is -0.0503. The summed E-state index contributed by atoms with van der Waals surface area (Å²) in [6, 6.07) is 0. The molecule has 0 saturated carbocycles. The molecule has 4 aromatic heterocycles. The van der Waals surface area contributed by atoms with Crippen molar-refractivity contribution in [1.29, 1.82) is 0 Å². The third kappa shape index (κ3) is 9.71. The molecule has 0 aromatic carbocycles. The minimum Gasteiger partial charge on any atom is -0.387 e. The van der Waals surface area contributed by atoms with E-state index in [1.54, 1.807) is 12.5 Å². The second-order valence-electron chi connectivity index (χ2n) is 12.0. The van der Waals surface area contributed by atoms with E-state index in [4.69, 9.17) is 25.5 Å². The number of nitrogens with zero attached hydrogens (tertiary/aromatic N) is 8. The summed E-state index contributed by atoms with van der Waals surface area (Å²) in [6.07, 6.45) is -7.13. The predicted molar refractivity (Wildman–Crippen MR) is 193 cm³/mol. The number of aliphatic hydroxyl groups excluding tert-OH is 4. The van der Waals surface area contributed by atoms with Crippen molar-refractivity contribution in [3.8, 4) is 0 Å². The van der Waals surface area contributed by atoms with E-state index in [0.717, 1.165) is 23.5 Å². The van der Waals surface area contributed by atoms with Crippen LogP contribution < -0.4 is 11.5 Å². The van der Waals surface area contributed by atoms with Crippen molar-refractivity contribution < 1.29 is 85.4 Å². The predicted octanol–water partition coefficient (Wildman–Crippen LogP) is -0.892. The van der Waals surface area contributed by atoms with Crippen LogP contribution in [0.1, 0.15) is 12.5 Å². The van der Waals surface area contributed by atoms with E-state index in [1.165, 1.54) is 21.8 Å². The molecule has 2 aliphatic rings. The fraction of sp³-hybridized carbons (Fsp3) is 0.565. The molecule has 6 rings (SSSR count). The molecule has 57 heavy (non-hydrogen) atoms. The number of thioether (sulfide) groups is 2. The monoisotopic (exact) mass is 926 g/mol. The number of fused-ring (bicyclic) bond motifs is 2. The van der Waals surface area contributed by atoms with E-state index in [9.17, 15) is 58.3 Å². The summed E-state index contributed by atoms with van der Waals surface area (Å²) in [5.74, 6) is -1.87. The van der Waals surface area contributed by atoms with E-state index in [-0.39, 0.29) is 44.3 Å². The molecule has 0 spiro atoms. The van der Waals surface area contributed by atoms with Crippen LogP contribution in [0.15, 0.2) is 23.0 Å². The van der Waals surface area contributed by atoms with Crippen LogP contribution in [-0.4, -0.2) is 147 Å². The first-order valence-corrected chi connectivity index (χ1v) is 24.6. The summed E-state index contributed by atoms with van der Waals surface area (Å²) in [5, 5.41) is 42.9. The maximum Gasteiger partial charge on any atom is 0.488 e. The smallest absolute Gasteiger partial charge is 0.387 e. The standard InChI is InChI=1S/C23H34N10O18P4S2/c1-56-22-28-16(24)10-18(30-22)32(5-26-10)20-14(36)12(34)8(48-20)3-46-52(38,39)7-53(40,41)50-55(44,45)51-54(42,43)47-4-9-13(35)15(37)21(49-9)33-6-27-11-17(25)29-23(57-2)31-19(11)33/h5-6,8-9,12-15,20-21,34-37H,3-4,7H2,1-2H3,(H,38,39)(H,40,41)(H,42,43)(H,44,45)(H2,24,28,30)(H2,25,29,31)/t8-,9-,12-,13-,14-,15-,20-,21-/m1/s1. The quantitative estimate of drug-likeness (QED) is 0.0370. The Balaban J connectivity index is 1.02. The molecule has 316 valence electrons. The SMILES string of the molecule is CSc1nc(N)c2ncn([C@@H]3O[C@H](COP(=O)(O)CP(=O)(O)OP(=O)(O)OP(=O)(O)OC[C@H]4O[C@@H](n5cnc6c(N)nc(SC)nc65)[C@H](O)[C@@H]4O)[C@@H](O)[C@H]3O)c2n1. The van der Waals surface area contributed by atoms with E-state index >= 15 is 0 Å². The molecule has 0 amide bonds. The highest BCUT2D eigenvalue weighted by molar-refractivity contribution is 7.98. The molecule has 0 bridgehead atoms. The van der Waals surface area contributed by atoms with Gasteiger partial charge in [0.15, 0.2) is 51.6 Å². The number of nitrogen functional groups attached to an aromatic ring is 2. The van der Waals surface area contributed by atoms with Crippen LogP contribution in [0.25, 0.3) is 22.3 Å². The van der Waals surface area contributed by atoms with E-state index in [2.05, 4.69) is 43.0 Å². The largest absolute Gasteiger partial charge is 0.488 e. The normalized spacial score (nSPS) is 29.6. The van der Waals surface area contributed by atoms with Crippen molar-refractivity contribution in [1.82, 2.24) is 39.0 Å². The van der Waals surface area contributed by atoms with Crippen LogP contribution in [0.2, 0.25) is 0 Å². The molecule has 12 atom stereocenters. The summed E-state index contributed by atoms with van der Waals surface area (Å²) >= 11 is 2.30. The Morgan fingerprint density at radius 3 is 1.54 bits per heavy atom. The molecule has 4 unspecified atom stereocenters. The van der Waals surface area contributed by atoms with Crippen LogP contribution in [0.5, 0.6) is 0 Å². The maximum atomic E-state index is 12.7. The van der Waals surface area contributed by atoms with Crippen molar-refractivity contribution in [2.24, 2.45) is 0 Å². The maximum absolute atomic E-state index is 12.7. The van der Waals surface area contributed by atoms with E-state index < -0.39 is 99.0 Å². The van der Waals surface area contributed by atoms with Crippen LogP contribution in [-0.2, 0) is 45.4 Å². The molecule has 4 aromatic rings. The third-order valence-corrected chi connectivity index (χ3v) is 16.6. The average Bonchev–Trinajstić information content (AvgIpc) is 3.86. The Bertz CT molecular complexity index is 2190. The van der Waals surface area contributed by atoms with Gasteiger partial charge in [0.1, 0.15) is 47.7 Å². The molecule has 2 aliphatic heterocycles. The van der Waals surface area contributed by atoms with Crippen LogP contribution in [0, 0.1) is 0 Å². The molecule has 0 radical (unpaired) electrons. The zero-order valence-corrected chi connectivity index (χ0v) is 34.1. The summed E-state index contributed by atoms with van der Waals surface area (Å²) in [7, 11) is -22.8. The highest BCUT2D eigenvalue weighted by Gasteiger charge is 2.49. The lowest BCUT2D eigenvalue weighted by Crippen LogP contribution is -2.33. The number of aromatic nitrogens is 8. The van der Waals surface area contributed by atoms with Crippen molar-refractivity contribution in [3.05, 3.63) is 12.7 Å². The van der Waals surface area contributed by atoms with Gasteiger partial charge in [-0.3, -0.25) is 22.8 Å². The number of hydrogen-bond donors (Lipinski definition) is 10. The van der Waals surface area contributed by atoms with Crippen molar-refractivity contribution in [3.63, 3.8) is 0 Å². The summed E-state index contributed by atoms with van der Waals surface area (Å²) in [6.45, 7) is -2.07. The molecule has 0 aliphatic carbocycles. The zero-order chi connectivity index (χ0) is 41.8. The summed E-state index contributed by atoms with van der Waals surface area (Å²) in [5.41, 5.74) is 12.3. The van der Waals surface area contributed by atoms with Gasteiger partial charge >= 0.3 is 30.8 Å². The number of phosphoric ester groups is 1. The van der Waals surface area contributed by atoms with E-state index in [1.807, 2.05) is 0 Å². The number of nitrogens with two attached hydrogens (primary N) is 2. The Kier molecular flexibility index (Phi) is 13.0.